The van der Waals surface area contributed by atoms with Crippen LogP contribution >= 0.6 is 0 Å². The lowest BCUT2D eigenvalue weighted by atomic mass is 10.1. The second-order valence-corrected chi connectivity index (χ2v) is 5.27. The Morgan fingerprint density at radius 2 is 2.05 bits per heavy atom. The van der Waals surface area contributed by atoms with Crippen molar-refractivity contribution in [3.05, 3.63) is 39.7 Å². The van der Waals surface area contributed by atoms with Gasteiger partial charge in [0.2, 0.25) is 0 Å². The minimum Gasteiger partial charge on any atom is -0.392 e. The summed E-state index contributed by atoms with van der Waals surface area (Å²) in [6.45, 7) is 0.320. The van der Waals surface area contributed by atoms with E-state index in [1.54, 1.807) is 0 Å². The van der Waals surface area contributed by atoms with Crippen molar-refractivity contribution in [2.24, 2.45) is 0 Å². The molecule has 5 nitrogen and oxygen atoms in total. The van der Waals surface area contributed by atoms with Gasteiger partial charge in [-0.2, -0.15) is 0 Å². The molecule has 0 amide bonds. The first-order chi connectivity index (χ1) is 9.56. The molecule has 0 bridgehead atoms. The van der Waals surface area contributed by atoms with Crippen molar-refractivity contribution < 1.29 is 14.4 Å². The van der Waals surface area contributed by atoms with Crippen LogP contribution in [-0.2, 0) is 6.54 Å². The van der Waals surface area contributed by atoms with Gasteiger partial charge >= 0.3 is 0 Å². The molecule has 1 aliphatic carbocycles. The van der Waals surface area contributed by atoms with Crippen LogP contribution in [0.15, 0.2) is 18.2 Å². The first kappa shape index (κ1) is 14.9. The van der Waals surface area contributed by atoms with E-state index >= 15 is 0 Å². The average molecular weight is 282 g/mol. The summed E-state index contributed by atoms with van der Waals surface area (Å²) < 4.78 is 13.3. The predicted molar refractivity (Wildman–Crippen MR) is 72.8 cm³/mol. The summed E-state index contributed by atoms with van der Waals surface area (Å²) in [4.78, 5) is 10.1. The zero-order chi connectivity index (χ0) is 14.5. The minimum atomic E-state index is -0.614. The Kier molecular flexibility index (Phi) is 5.03. The largest absolute Gasteiger partial charge is 0.392 e. The first-order valence-corrected chi connectivity index (χ1v) is 6.91. The Bertz CT molecular complexity index is 481. The standard InChI is InChI=1S/C14H19FN2O3/c15-11-6-10(7-12(8-11)17(19)20)9-16-13-4-2-1-3-5-14(13)18/h6-8,13-14,16,18H,1-5,9H2. The van der Waals surface area contributed by atoms with Crippen LogP contribution in [-0.4, -0.2) is 22.2 Å². The van der Waals surface area contributed by atoms with E-state index in [-0.39, 0.29) is 11.7 Å². The number of rotatable bonds is 4. The SMILES string of the molecule is O=[N+]([O-])c1cc(F)cc(CNC2CCCCCC2O)c1. The van der Waals surface area contributed by atoms with Crippen molar-refractivity contribution >= 4 is 5.69 Å². The van der Waals surface area contributed by atoms with E-state index in [1.807, 2.05) is 0 Å². The molecule has 1 fully saturated rings. The van der Waals surface area contributed by atoms with Crippen molar-refractivity contribution in [1.29, 1.82) is 0 Å². The zero-order valence-corrected chi connectivity index (χ0v) is 11.2. The van der Waals surface area contributed by atoms with Gasteiger partial charge in [-0.05, 0) is 24.5 Å². The predicted octanol–water partition coefficient (Wildman–Crippen LogP) is 2.52. The first-order valence-electron chi connectivity index (χ1n) is 6.91. The minimum absolute atomic E-state index is 0.0279. The number of aliphatic hydroxyl groups excluding tert-OH is 1. The lowest BCUT2D eigenvalue weighted by Crippen LogP contribution is -2.38. The lowest BCUT2D eigenvalue weighted by molar-refractivity contribution is -0.385. The van der Waals surface area contributed by atoms with Gasteiger partial charge in [-0.3, -0.25) is 10.1 Å². The van der Waals surface area contributed by atoms with Crippen LogP contribution in [0.25, 0.3) is 0 Å². The van der Waals surface area contributed by atoms with Gasteiger partial charge < -0.3 is 10.4 Å². The van der Waals surface area contributed by atoms with E-state index < -0.39 is 16.8 Å². The van der Waals surface area contributed by atoms with Crippen molar-refractivity contribution in [2.45, 2.75) is 50.8 Å². The second kappa shape index (κ2) is 6.76. The molecule has 2 rings (SSSR count). The number of nitrogens with one attached hydrogen (secondary N) is 1. The number of nitro benzene ring substituents is 1. The van der Waals surface area contributed by atoms with E-state index in [1.165, 1.54) is 12.1 Å². The molecule has 0 radical (unpaired) electrons. The van der Waals surface area contributed by atoms with Crippen molar-refractivity contribution in [3.63, 3.8) is 0 Å². The van der Waals surface area contributed by atoms with Gasteiger partial charge in [0.25, 0.3) is 5.69 Å². The molecule has 1 aromatic rings. The van der Waals surface area contributed by atoms with Gasteiger partial charge in [0.15, 0.2) is 0 Å². The fourth-order valence-corrected chi connectivity index (χ4v) is 2.62. The number of hydrogen-bond acceptors (Lipinski definition) is 4. The van der Waals surface area contributed by atoms with E-state index in [0.717, 1.165) is 38.2 Å². The third-order valence-corrected chi connectivity index (χ3v) is 3.70. The van der Waals surface area contributed by atoms with Crippen LogP contribution in [0, 0.1) is 15.9 Å². The van der Waals surface area contributed by atoms with Crippen LogP contribution in [0.5, 0.6) is 0 Å². The smallest absolute Gasteiger partial charge is 0.272 e. The summed E-state index contributed by atoms with van der Waals surface area (Å²) in [7, 11) is 0. The summed E-state index contributed by atoms with van der Waals surface area (Å²) in [6, 6.07) is 3.52. The summed E-state index contributed by atoms with van der Waals surface area (Å²) in [5.41, 5.74) is 0.274. The maximum Gasteiger partial charge on any atom is 0.272 e. The maximum atomic E-state index is 13.3. The van der Waals surface area contributed by atoms with Crippen molar-refractivity contribution in [3.8, 4) is 0 Å². The Balaban J connectivity index is 2.00. The van der Waals surface area contributed by atoms with Crippen molar-refractivity contribution in [2.75, 3.05) is 0 Å². The molecule has 6 heteroatoms. The highest BCUT2D eigenvalue weighted by molar-refractivity contribution is 5.35. The Labute approximate surface area is 117 Å². The van der Waals surface area contributed by atoms with Crippen LogP contribution < -0.4 is 5.32 Å². The van der Waals surface area contributed by atoms with Crippen LogP contribution in [0.1, 0.15) is 37.7 Å². The molecule has 0 heterocycles. The Morgan fingerprint density at radius 1 is 1.30 bits per heavy atom. The van der Waals surface area contributed by atoms with Gasteiger partial charge in [0, 0.05) is 18.7 Å². The molecular weight excluding hydrogens is 263 g/mol. The lowest BCUT2D eigenvalue weighted by Gasteiger charge is -2.21. The summed E-state index contributed by atoms with van der Waals surface area (Å²) >= 11 is 0. The van der Waals surface area contributed by atoms with Gasteiger partial charge in [0.05, 0.1) is 17.1 Å². The number of non-ortho nitro benzene ring substituents is 1. The number of hydrogen-bond donors (Lipinski definition) is 2. The van der Waals surface area contributed by atoms with Crippen LogP contribution in [0.2, 0.25) is 0 Å². The molecule has 1 aromatic carbocycles. The van der Waals surface area contributed by atoms with Gasteiger partial charge in [-0.25, -0.2) is 4.39 Å². The van der Waals surface area contributed by atoms with E-state index in [2.05, 4.69) is 5.32 Å². The zero-order valence-electron chi connectivity index (χ0n) is 11.2. The van der Waals surface area contributed by atoms with Gasteiger partial charge in [-0.15, -0.1) is 0 Å². The molecule has 2 N–H and O–H groups in total. The molecule has 1 aliphatic rings. The van der Waals surface area contributed by atoms with E-state index in [9.17, 15) is 19.6 Å². The normalized spacial score (nSPS) is 23.3. The topological polar surface area (TPSA) is 75.4 Å². The molecule has 1 saturated carbocycles. The average Bonchev–Trinajstić information content (AvgIpc) is 2.60. The summed E-state index contributed by atoms with van der Waals surface area (Å²) in [5, 5.41) is 23.8. The van der Waals surface area contributed by atoms with Gasteiger partial charge in [0.1, 0.15) is 5.82 Å². The number of halogens is 1. The Morgan fingerprint density at radius 3 is 2.80 bits per heavy atom. The van der Waals surface area contributed by atoms with Crippen LogP contribution in [0.3, 0.4) is 0 Å². The summed E-state index contributed by atoms with van der Waals surface area (Å²) in [6.07, 6.45) is 4.42. The highest BCUT2D eigenvalue weighted by atomic mass is 19.1. The Hall–Kier alpha value is -1.53. The fraction of sp³-hybridized carbons (Fsp3) is 0.571. The number of nitro groups is 1. The molecule has 2 atom stereocenters. The number of nitrogens with zero attached hydrogens (tertiary/aromatic N) is 1. The molecule has 0 saturated heterocycles. The molecule has 20 heavy (non-hydrogen) atoms. The third-order valence-electron chi connectivity index (χ3n) is 3.70. The van der Waals surface area contributed by atoms with Crippen LogP contribution in [0.4, 0.5) is 10.1 Å². The van der Waals surface area contributed by atoms with E-state index in [0.29, 0.717) is 12.1 Å². The molecular formula is C14H19FN2O3. The monoisotopic (exact) mass is 282 g/mol. The molecule has 2 unspecified atom stereocenters. The highest BCUT2D eigenvalue weighted by Crippen LogP contribution is 2.20. The van der Waals surface area contributed by atoms with Crippen molar-refractivity contribution in [1.82, 2.24) is 5.32 Å². The summed E-state index contributed by atoms with van der Waals surface area (Å²) in [5.74, 6) is -0.614. The van der Waals surface area contributed by atoms with E-state index in [4.69, 9.17) is 0 Å². The number of aliphatic hydroxyl groups is 1. The fourth-order valence-electron chi connectivity index (χ4n) is 2.62. The van der Waals surface area contributed by atoms with Gasteiger partial charge in [-0.1, -0.05) is 19.3 Å². The molecule has 110 valence electrons. The number of benzene rings is 1. The highest BCUT2D eigenvalue weighted by Gasteiger charge is 2.21. The molecule has 0 aliphatic heterocycles. The molecule has 0 aromatic heterocycles. The maximum absolute atomic E-state index is 13.3. The second-order valence-electron chi connectivity index (χ2n) is 5.27. The third kappa shape index (κ3) is 3.98. The quantitative estimate of drug-likeness (QED) is 0.505. The molecule has 0 spiro atoms.